The summed E-state index contributed by atoms with van der Waals surface area (Å²) < 4.78 is 0. The van der Waals surface area contributed by atoms with Crippen LogP contribution in [-0.2, 0) is 10.3 Å². The van der Waals surface area contributed by atoms with Crippen molar-refractivity contribution in [2.24, 2.45) is 0 Å². The lowest BCUT2D eigenvalue weighted by Gasteiger charge is -2.21. The smallest absolute Gasteiger partial charge is 0.322 e. The minimum absolute atomic E-state index is 0. The number of halogens is 1. The van der Waals surface area contributed by atoms with Crippen molar-refractivity contribution in [3.8, 4) is 0 Å². The number of hydrogen-bond donors (Lipinski definition) is 4. The van der Waals surface area contributed by atoms with Gasteiger partial charge in [-0.1, -0.05) is 12.1 Å². The van der Waals surface area contributed by atoms with Crippen molar-refractivity contribution in [1.82, 2.24) is 21.3 Å². The highest BCUT2D eigenvalue weighted by molar-refractivity contribution is 6.07. The molecule has 1 aliphatic heterocycles. The number of rotatable bonds is 6. The van der Waals surface area contributed by atoms with Crippen LogP contribution in [0.1, 0.15) is 29.3 Å². The molecule has 1 fully saturated rings. The number of nitrogens with one attached hydrogen (secondary N) is 4. The number of hydrogen-bond acceptors (Lipinski definition) is 4. The van der Waals surface area contributed by atoms with Crippen molar-refractivity contribution in [2.45, 2.75) is 18.9 Å². The van der Waals surface area contributed by atoms with Gasteiger partial charge in [0.15, 0.2) is 0 Å². The molecule has 0 saturated carbocycles. The molecule has 0 radical (unpaired) electrons. The Labute approximate surface area is 141 Å². The molecule has 1 saturated heterocycles. The molecule has 126 valence electrons. The van der Waals surface area contributed by atoms with E-state index < -0.39 is 17.5 Å². The Balaban J connectivity index is 0.00000264. The monoisotopic (exact) mass is 340 g/mol. The highest BCUT2D eigenvalue weighted by Crippen LogP contribution is 2.24. The molecule has 2 rings (SSSR count). The second-order valence-corrected chi connectivity index (χ2v) is 5.32. The van der Waals surface area contributed by atoms with E-state index in [-0.39, 0.29) is 18.3 Å². The lowest BCUT2D eigenvalue weighted by atomic mass is 9.91. The molecule has 7 nitrogen and oxygen atoms in total. The molecule has 1 aliphatic rings. The number of urea groups is 1. The largest absolute Gasteiger partial charge is 0.352 e. The van der Waals surface area contributed by atoms with E-state index in [0.717, 1.165) is 13.0 Å². The zero-order valence-corrected chi connectivity index (χ0v) is 13.9. The standard InChI is InChI=1S/C15H20N4O3.ClH/c1-15(13(21)18-14(22)19-15)11-6-4-10(5-7-11)12(20)17-9-3-8-16-2;/h4-7,16H,3,8-9H2,1-2H3,(H,17,20)(H2,18,19,21,22);1H. The summed E-state index contributed by atoms with van der Waals surface area (Å²) in [6.45, 7) is 3.06. The molecule has 1 aromatic carbocycles. The van der Waals surface area contributed by atoms with Gasteiger partial charge in [0.1, 0.15) is 5.54 Å². The molecule has 8 heteroatoms. The van der Waals surface area contributed by atoms with E-state index in [2.05, 4.69) is 21.3 Å². The quantitative estimate of drug-likeness (QED) is 0.447. The number of carbonyl (C=O) groups excluding carboxylic acids is 3. The van der Waals surface area contributed by atoms with Gasteiger partial charge in [-0.2, -0.15) is 0 Å². The van der Waals surface area contributed by atoms with Gasteiger partial charge in [0.25, 0.3) is 11.8 Å². The topological polar surface area (TPSA) is 99.3 Å². The normalized spacial score (nSPS) is 19.6. The van der Waals surface area contributed by atoms with Gasteiger partial charge >= 0.3 is 6.03 Å². The molecule has 1 aromatic rings. The summed E-state index contributed by atoms with van der Waals surface area (Å²) in [5.74, 6) is -0.561. The van der Waals surface area contributed by atoms with Gasteiger partial charge in [0.05, 0.1) is 0 Å². The van der Waals surface area contributed by atoms with Crippen LogP contribution in [0.3, 0.4) is 0 Å². The molecule has 0 spiro atoms. The first kappa shape index (κ1) is 18.9. The van der Waals surface area contributed by atoms with E-state index in [9.17, 15) is 14.4 Å². The molecular weight excluding hydrogens is 320 g/mol. The average molecular weight is 341 g/mol. The molecule has 0 bridgehead atoms. The summed E-state index contributed by atoms with van der Waals surface area (Å²) in [4.78, 5) is 35.1. The summed E-state index contributed by atoms with van der Waals surface area (Å²) in [5, 5.41) is 10.6. The predicted molar refractivity (Wildman–Crippen MR) is 88.6 cm³/mol. The maximum Gasteiger partial charge on any atom is 0.322 e. The maximum atomic E-state index is 12.0. The van der Waals surface area contributed by atoms with E-state index in [1.807, 2.05) is 7.05 Å². The van der Waals surface area contributed by atoms with Crippen LogP contribution in [0, 0.1) is 0 Å². The Bertz CT molecular complexity index is 591. The van der Waals surface area contributed by atoms with Crippen molar-refractivity contribution in [2.75, 3.05) is 20.1 Å². The summed E-state index contributed by atoms with van der Waals surface area (Å²) in [5.41, 5.74) is 0.0444. The molecule has 23 heavy (non-hydrogen) atoms. The molecular formula is C15H21ClN4O3. The van der Waals surface area contributed by atoms with E-state index >= 15 is 0 Å². The van der Waals surface area contributed by atoms with E-state index in [1.54, 1.807) is 31.2 Å². The average Bonchev–Trinajstić information content (AvgIpc) is 2.77. The fourth-order valence-electron chi connectivity index (χ4n) is 2.27. The van der Waals surface area contributed by atoms with Crippen LogP contribution in [0.5, 0.6) is 0 Å². The van der Waals surface area contributed by atoms with Crippen molar-refractivity contribution < 1.29 is 14.4 Å². The van der Waals surface area contributed by atoms with Gasteiger partial charge in [-0.3, -0.25) is 14.9 Å². The van der Waals surface area contributed by atoms with Crippen molar-refractivity contribution >= 4 is 30.3 Å². The molecule has 0 aliphatic carbocycles. The third kappa shape index (κ3) is 4.20. The summed E-state index contributed by atoms with van der Waals surface area (Å²) in [6, 6.07) is 6.12. The summed E-state index contributed by atoms with van der Waals surface area (Å²) in [7, 11) is 1.86. The molecule has 4 amide bonds. The summed E-state index contributed by atoms with van der Waals surface area (Å²) >= 11 is 0. The van der Waals surface area contributed by atoms with Crippen LogP contribution in [0.25, 0.3) is 0 Å². The van der Waals surface area contributed by atoms with Gasteiger partial charge in [-0.25, -0.2) is 4.79 Å². The third-order valence-electron chi connectivity index (χ3n) is 3.66. The third-order valence-corrected chi connectivity index (χ3v) is 3.66. The number of carbonyl (C=O) groups is 3. The first-order chi connectivity index (χ1) is 10.5. The molecule has 1 heterocycles. The second-order valence-electron chi connectivity index (χ2n) is 5.32. The van der Waals surface area contributed by atoms with Crippen molar-refractivity contribution in [3.05, 3.63) is 35.4 Å². The van der Waals surface area contributed by atoms with Gasteiger partial charge in [0, 0.05) is 12.1 Å². The molecule has 1 atom stereocenters. The minimum Gasteiger partial charge on any atom is -0.352 e. The number of amides is 4. The minimum atomic E-state index is -1.10. The lowest BCUT2D eigenvalue weighted by Crippen LogP contribution is -2.40. The van der Waals surface area contributed by atoms with E-state index in [0.29, 0.717) is 17.7 Å². The lowest BCUT2D eigenvalue weighted by molar-refractivity contribution is -0.123. The highest BCUT2D eigenvalue weighted by Gasteiger charge is 2.43. The van der Waals surface area contributed by atoms with Gasteiger partial charge in [-0.15, -0.1) is 12.4 Å². The Kier molecular flexibility index (Phi) is 6.53. The zero-order valence-electron chi connectivity index (χ0n) is 13.1. The van der Waals surface area contributed by atoms with E-state index in [4.69, 9.17) is 0 Å². The molecule has 1 unspecified atom stereocenters. The Hall–Kier alpha value is -2.12. The SMILES string of the molecule is CNCCCNC(=O)c1ccc(C2(C)NC(=O)NC2=O)cc1.Cl. The van der Waals surface area contributed by atoms with Crippen LogP contribution in [0.15, 0.2) is 24.3 Å². The van der Waals surface area contributed by atoms with Crippen LogP contribution in [0.4, 0.5) is 4.79 Å². The van der Waals surface area contributed by atoms with Crippen LogP contribution in [0.2, 0.25) is 0 Å². The second kappa shape index (κ2) is 7.94. The molecule has 0 aromatic heterocycles. The Morgan fingerprint density at radius 2 is 1.83 bits per heavy atom. The highest BCUT2D eigenvalue weighted by atomic mass is 35.5. The Morgan fingerprint density at radius 3 is 2.35 bits per heavy atom. The first-order valence-electron chi connectivity index (χ1n) is 7.14. The van der Waals surface area contributed by atoms with Gasteiger partial charge < -0.3 is 16.0 Å². The number of imide groups is 1. The predicted octanol–water partition coefficient (Wildman–Crippen LogP) is 0.502. The molecule has 4 N–H and O–H groups in total. The summed E-state index contributed by atoms with van der Waals surface area (Å²) in [6.07, 6.45) is 0.852. The van der Waals surface area contributed by atoms with Gasteiger partial charge in [-0.05, 0) is 44.6 Å². The Morgan fingerprint density at radius 1 is 1.17 bits per heavy atom. The fraction of sp³-hybridized carbons (Fsp3) is 0.400. The van der Waals surface area contributed by atoms with Crippen LogP contribution < -0.4 is 21.3 Å². The fourth-order valence-corrected chi connectivity index (χ4v) is 2.27. The first-order valence-corrected chi connectivity index (χ1v) is 7.14. The zero-order chi connectivity index (χ0) is 16.2. The maximum absolute atomic E-state index is 12.0. The van der Waals surface area contributed by atoms with Gasteiger partial charge in [0.2, 0.25) is 0 Å². The van der Waals surface area contributed by atoms with E-state index in [1.165, 1.54) is 0 Å². The van der Waals surface area contributed by atoms with Crippen molar-refractivity contribution in [1.29, 1.82) is 0 Å². The van der Waals surface area contributed by atoms with Crippen LogP contribution >= 0.6 is 12.4 Å². The number of benzene rings is 1. The van der Waals surface area contributed by atoms with Crippen molar-refractivity contribution in [3.63, 3.8) is 0 Å². The van der Waals surface area contributed by atoms with Crippen LogP contribution in [-0.4, -0.2) is 38.0 Å².